The highest BCUT2D eigenvalue weighted by atomic mass is 35.5. The van der Waals surface area contributed by atoms with Crippen molar-refractivity contribution < 1.29 is 0 Å². The van der Waals surface area contributed by atoms with Crippen LogP contribution in [0.4, 0.5) is 5.82 Å². The Balaban J connectivity index is 1.49. The van der Waals surface area contributed by atoms with E-state index in [1.165, 1.54) is 45.3 Å². The number of anilines is 1. The zero-order valence-corrected chi connectivity index (χ0v) is 13.1. The molecule has 0 atom stereocenters. The van der Waals surface area contributed by atoms with E-state index in [0.717, 1.165) is 34.7 Å². The van der Waals surface area contributed by atoms with E-state index in [-0.39, 0.29) is 0 Å². The number of nitrogens with zero attached hydrogens (tertiary/aromatic N) is 2. The second kappa shape index (κ2) is 7.14. The number of aromatic nitrogens is 2. The Hall–Kier alpha value is -1.26. The molecule has 1 aliphatic rings. The zero-order valence-electron chi connectivity index (χ0n) is 12.4. The third kappa shape index (κ3) is 3.89. The third-order valence-electron chi connectivity index (χ3n) is 4.17. The Kier molecular flexibility index (Phi) is 4.99. The maximum atomic E-state index is 6.05. The fourth-order valence-electron chi connectivity index (χ4n) is 2.99. The second-order valence-electron chi connectivity index (χ2n) is 5.80. The lowest BCUT2D eigenvalue weighted by atomic mass is 10.2. The molecule has 1 fully saturated rings. The molecule has 0 radical (unpaired) electrons. The van der Waals surface area contributed by atoms with Gasteiger partial charge in [-0.05, 0) is 57.1 Å². The molecule has 2 aromatic rings. The minimum absolute atomic E-state index is 0.747. The molecule has 2 heterocycles. The van der Waals surface area contributed by atoms with Gasteiger partial charge in [0.2, 0.25) is 0 Å². The van der Waals surface area contributed by atoms with Crippen LogP contribution in [-0.4, -0.2) is 41.3 Å². The summed E-state index contributed by atoms with van der Waals surface area (Å²) >= 11 is 6.05. The molecule has 114 valence electrons. The maximum absolute atomic E-state index is 6.05. The largest absolute Gasteiger partial charge is 0.368 e. The molecule has 1 aromatic carbocycles. The summed E-state index contributed by atoms with van der Waals surface area (Å²) in [7, 11) is 0. The van der Waals surface area contributed by atoms with E-state index in [2.05, 4.69) is 20.4 Å². The smallest absolute Gasteiger partial charge is 0.155 e. The van der Waals surface area contributed by atoms with Gasteiger partial charge in [-0.2, -0.15) is 5.10 Å². The Morgan fingerprint density at radius 2 is 2.00 bits per heavy atom. The minimum Gasteiger partial charge on any atom is -0.368 e. The molecule has 0 unspecified atom stereocenters. The topological polar surface area (TPSA) is 44.0 Å². The van der Waals surface area contributed by atoms with Crippen molar-refractivity contribution in [2.24, 2.45) is 0 Å². The molecule has 21 heavy (non-hydrogen) atoms. The van der Waals surface area contributed by atoms with Crippen LogP contribution >= 0.6 is 11.6 Å². The van der Waals surface area contributed by atoms with Gasteiger partial charge < -0.3 is 10.2 Å². The van der Waals surface area contributed by atoms with Gasteiger partial charge in [0.1, 0.15) is 0 Å². The first-order valence-electron chi connectivity index (χ1n) is 7.93. The van der Waals surface area contributed by atoms with E-state index in [1.54, 1.807) is 0 Å². The highest BCUT2D eigenvalue weighted by Gasteiger charge is 2.09. The highest BCUT2D eigenvalue weighted by Crippen LogP contribution is 2.23. The Bertz CT molecular complexity index is 573. The normalized spacial score (nSPS) is 17.0. The van der Waals surface area contributed by atoms with Gasteiger partial charge in [0.25, 0.3) is 0 Å². The van der Waals surface area contributed by atoms with Gasteiger partial charge in [-0.1, -0.05) is 24.4 Å². The number of aromatic amines is 1. The summed E-state index contributed by atoms with van der Waals surface area (Å²) < 4.78 is 0. The predicted octanol–water partition coefficient (Wildman–Crippen LogP) is 3.89. The molecule has 1 saturated heterocycles. The zero-order chi connectivity index (χ0) is 14.5. The number of halogens is 1. The van der Waals surface area contributed by atoms with Crippen molar-refractivity contribution in [3.63, 3.8) is 0 Å². The van der Waals surface area contributed by atoms with Crippen molar-refractivity contribution in [3.05, 3.63) is 23.2 Å². The van der Waals surface area contributed by atoms with E-state index in [1.807, 2.05) is 18.2 Å². The molecular formula is C16H23ClN4. The Morgan fingerprint density at radius 1 is 1.19 bits per heavy atom. The summed E-state index contributed by atoms with van der Waals surface area (Å²) in [6.07, 6.45) is 6.66. The van der Waals surface area contributed by atoms with E-state index >= 15 is 0 Å². The molecule has 1 aliphatic heterocycles. The van der Waals surface area contributed by atoms with Crippen molar-refractivity contribution in [2.45, 2.75) is 32.1 Å². The number of H-pyrrole nitrogens is 1. The molecule has 0 amide bonds. The number of nitrogens with one attached hydrogen (secondary N) is 2. The minimum atomic E-state index is 0.747. The first kappa shape index (κ1) is 14.7. The van der Waals surface area contributed by atoms with Gasteiger partial charge >= 0.3 is 0 Å². The van der Waals surface area contributed by atoms with Crippen molar-refractivity contribution in [1.82, 2.24) is 15.1 Å². The number of hydrogen-bond acceptors (Lipinski definition) is 3. The second-order valence-corrected chi connectivity index (χ2v) is 6.23. The van der Waals surface area contributed by atoms with Crippen molar-refractivity contribution in [2.75, 3.05) is 31.5 Å². The third-order valence-corrected chi connectivity index (χ3v) is 4.40. The SMILES string of the molecule is Clc1ccc2[nH]nc(NCCCN3CCCCCC3)c2c1. The predicted molar refractivity (Wildman–Crippen MR) is 89.1 cm³/mol. The van der Waals surface area contributed by atoms with Crippen LogP contribution < -0.4 is 5.32 Å². The molecule has 0 aliphatic carbocycles. The van der Waals surface area contributed by atoms with Gasteiger partial charge in [-0.3, -0.25) is 5.10 Å². The van der Waals surface area contributed by atoms with Crippen LogP contribution in [0.15, 0.2) is 18.2 Å². The molecule has 0 saturated carbocycles. The van der Waals surface area contributed by atoms with E-state index in [0.29, 0.717) is 0 Å². The molecule has 0 bridgehead atoms. The monoisotopic (exact) mass is 306 g/mol. The van der Waals surface area contributed by atoms with Crippen LogP contribution in [0.2, 0.25) is 5.02 Å². The van der Waals surface area contributed by atoms with Crippen molar-refractivity contribution in [3.8, 4) is 0 Å². The van der Waals surface area contributed by atoms with Crippen LogP contribution in [0.5, 0.6) is 0 Å². The van der Waals surface area contributed by atoms with Gasteiger partial charge in [0, 0.05) is 17.0 Å². The summed E-state index contributed by atoms with van der Waals surface area (Å²) in [5.74, 6) is 0.906. The molecule has 5 heteroatoms. The van der Waals surface area contributed by atoms with Gasteiger partial charge in [-0.25, -0.2) is 0 Å². The molecule has 2 N–H and O–H groups in total. The summed E-state index contributed by atoms with van der Waals surface area (Å²) in [5, 5.41) is 12.6. The quantitative estimate of drug-likeness (QED) is 0.824. The fourth-order valence-corrected chi connectivity index (χ4v) is 3.16. The van der Waals surface area contributed by atoms with Gasteiger partial charge in [0.05, 0.1) is 5.52 Å². The van der Waals surface area contributed by atoms with Gasteiger partial charge in [0.15, 0.2) is 5.82 Å². The van der Waals surface area contributed by atoms with Crippen molar-refractivity contribution in [1.29, 1.82) is 0 Å². The van der Waals surface area contributed by atoms with E-state index in [4.69, 9.17) is 11.6 Å². The summed E-state index contributed by atoms with van der Waals surface area (Å²) in [4.78, 5) is 2.59. The molecule has 3 rings (SSSR count). The first-order valence-corrected chi connectivity index (χ1v) is 8.30. The van der Waals surface area contributed by atoms with Crippen LogP contribution in [0.3, 0.4) is 0 Å². The Morgan fingerprint density at radius 3 is 2.81 bits per heavy atom. The summed E-state index contributed by atoms with van der Waals surface area (Å²) in [6.45, 7) is 4.65. The maximum Gasteiger partial charge on any atom is 0.155 e. The van der Waals surface area contributed by atoms with Crippen LogP contribution in [0, 0.1) is 0 Å². The number of likely N-dealkylation sites (tertiary alicyclic amines) is 1. The van der Waals surface area contributed by atoms with Crippen molar-refractivity contribution >= 4 is 28.3 Å². The lowest BCUT2D eigenvalue weighted by Crippen LogP contribution is -2.27. The Labute approximate surface area is 130 Å². The average Bonchev–Trinajstić information content (AvgIpc) is 2.71. The number of rotatable bonds is 5. The summed E-state index contributed by atoms with van der Waals surface area (Å²) in [6, 6.07) is 5.80. The first-order chi connectivity index (χ1) is 10.3. The molecule has 4 nitrogen and oxygen atoms in total. The molecule has 1 aromatic heterocycles. The van der Waals surface area contributed by atoms with Crippen LogP contribution in [0.1, 0.15) is 32.1 Å². The average molecular weight is 307 g/mol. The molecule has 0 spiro atoms. The lowest BCUT2D eigenvalue weighted by molar-refractivity contribution is 0.284. The van der Waals surface area contributed by atoms with Crippen LogP contribution in [0.25, 0.3) is 10.9 Å². The lowest BCUT2D eigenvalue weighted by Gasteiger charge is -2.19. The standard InChI is InChI=1S/C16H23ClN4/c17-13-6-7-15-14(12-13)16(20-19-15)18-8-5-11-21-9-3-1-2-4-10-21/h6-7,12H,1-5,8-11H2,(H2,18,19,20). The van der Waals surface area contributed by atoms with Gasteiger partial charge in [-0.15, -0.1) is 0 Å². The van der Waals surface area contributed by atoms with Crippen LogP contribution in [-0.2, 0) is 0 Å². The van der Waals surface area contributed by atoms with E-state index < -0.39 is 0 Å². The number of benzene rings is 1. The summed E-state index contributed by atoms with van der Waals surface area (Å²) in [5.41, 5.74) is 1.02. The van der Waals surface area contributed by atoms with E-state index in [9.17, 15) is 0 Å². The highest BCUT2D eigenvalue weighted by molar-refractivity contribution is 6.31. The fraction of sp³-hybridized carbons (Fsp3) is 0.562. The number of hydrogen-bond donors (Lipinski definition) is 2. The molecular weight excluding hydrogens is 284 g/mol. The number of fused-ring (bicyclic) bond motifs is 1.